The van der Waals surface area contributed by atoms with E-state index >= 15 is 0 Å². The zero-order valence-electron chi connectivity index (χ0n) is 14.9. The van der Waals surface area contributed by atoms with Crippen molar-refractivity contribution in [2.75, 3.05) is 26.3 Å². The van der Waals surface area contributed by atoms with E-state index in [1.165, 1.54) is 11.8 Å². The van der Waals surface area contributed by atoms with Crippen molar-refractivity contribution >= 4 is 44.5 Å². The van der Waals surface area contributed by atoms with Crippen LogP contribution in [0, 0.1) is 0 Å². The van der Waals surface area contributed by atoms with E-state index in [1.807, 2.05) is 30.9 Å². The Morgan fingerprint density at radius 3 is 2.81 bits per heavy atom. The second-order valence-electron chi connectivity index (χ2n) is 6.21. The van der Waals surface area contributed by atoms with Gasteiger partial charge in [-0.25, -0.2) is 4.98 Å². The first-order valence-electron chi connectivity index (χ1n) is 8.74. The fourth-order valence-electron chi connectivity index (χ4n) is 2.93. The van der Waals surface area contributed by atoms with E-state index in [1.54, 1.807) is 10.6 Å². The van der Waals surface area contributed by atoms with Crippen LogP contribution in [0.25, 0.3) is 10.9 Å². The number of benzene rings is 1. The van der Waals surface area contributed by atoms with Gasteiger partial charge in [-0.15, -0.1) is 0 Å². The lowest BCUT2D eigenvalue weighted by Gasteiger charge is -2.29. The zero-order chi connectivity index (χ0) is 18.7. The van der Waals surface area contributed by atoms with Gasteiger partial charge in [0.05, 0.1) is 29.4 Å². The second-order valence-corrected chi connectivity index (χ2v) is 8.43. The first-order chi connectivity index (χ1) is 12.5. The molecule has 6 nitrogen and oxygen atoms in total. The minimum absolute atomic E-state index is 0.0616. The summed E-state index contributed by atoms with van der Waals surface area (Å²) >= 11 is 4.76. The molecule has 0 radical (unpaired) electrons. The van der Waals surface area contributed by atoms with E-state index in [4.69, 9.17) is 4.74 Å². The molecule has 2 heterocycles. The molecular weight excluding hydrogens is 418 g/mol. The third-order valence-electron chi connectivity index (χ3n) is 4.28. The molecule has 1 fully saturated rings. The maximum absolute atomic E-state index is 12.9. The maximum atomic E-state index is 12.9. The van der Waals surface area contributed by atoms with E-state index in [0.717, 1.165) is 10.9 Å². The molecular formula is C18H22BrN3O3S. The van der Waals surface area contributed by atoms with Gasteiger partial charge in [0, 0.05) is 24.1 Å². The van der Waals surface area contributed by atoms with Crippen LogP contribution in [0.2, 0.25) is 0 Å². The Bertz CT molecular complexity index is 865. The first kappa shape index (κ1) is 19.4. The molecule has 1 atom stereocenters. The summed E-state index contributed by atoms with van der Waals surface area (Å²) in [6, 6.07) is 5.50. The van der Waals surface area contributed by atoms with Gasteiger partial charge in [-0.2, -0.15) is 0 Å². The van der Waals surface area contributed by atoms with Crippen molar-refractivity contribution in [3.63, 3.8) is 0 Å². The number of morpholine rings is 1. The monoisotopic (exact) mass is 439 g/mol. The molecule has 26 heavy (non-hydrogen) atoms. The number of nitrogens with zero attached hydrogens (tertiary/aromatic N) is 3. The summed E-state index contributed by atoms with van der Waals surface area (Å²) < 4.78 is 7.84. The number of thioether (sulfide) groups is 1. The van der Waals surface area contributed by atoms with Crippen LogP contribution in [0.3, 0.4) is 0 Å². The third kappa shape index (κ3) is 4.13. The highest BCUT2D eigenvalue weighted by atomic mass is 79.9. The molecule has 1 aliphatic rings. The van der Waals surface area contributed by atoms with Crippen LogP contribution in [-0.2, 0) is 16.1 Å². The molecule has 0 unspecified atom stereocenters. The molecule has 0 spiro atoms. The molecule has 0 aliphatic carbocycles. The summed E-state index contributed by atoms with van der Waals surface area (Å²) in [5, 5.41) is 0.876. The Kier molecular flexibility index (Phi) is 6.37. The lowest BCUT2D eigenvalue weighted by Crippen LogP contribution is -2.44. The summed E-state index contributed by atoms with van der Waals surface area (Å²) in [4.78, 5) is 32.1. The number of halogens is 1. The number of rotatable bonds is 5. The zero-order valence-corrected chi connectivity index (χ0v) is 17.3. The molecule has 1 aliphatic heterocycles. The van der Waals surface area contributed by atoms with Crippen LogP contribution < -0.4 is 5.56 Å². The van der Waals surface area contributed by atoms with Crippen molar-refractivity contribution in [2.45, 2.75) is 37.2 Å². The van der Waals surface area contributed by atoms with Gasteiger partial charge in [0.25, 0.3) is 5.56 Å². The normalized spacial score (nSPS) is 16.0. The molecule has 0 bridgehead atoms. The SMILES string of the molecule is CCCn1c(S[C@@H](C)C(=O)N2CCOCC2)nc2ccc(Br)cc2c1=O. The molecule has 8 heteroatoms. The molecule has 3 rings (SSSR count). The number of carbonyl (C=O) groups excluding carboxylic acids is 1. The van der Waals surface area contributed by atoms with Crippen molar-refractivity contribution in [3.8, 4) is 0 Å². The number of fused-ring (bicyclic) bond motifs is 1. The van der Waals surface area contributed by atoms with Gasteiger partial charge in [0.15, 0.2) is 5.16 Å². The van der Waals surface area contributed by atoms with Gasteiger partial charge in [0.1, 0.15) is 0 Å². The number of aromatic nitrogens is 2. The van der Waals surface area contributed by atoms with Crippen molar-refractivity contribution in [1.29, 1.82) is 0 Å². The highest BCUT2D eigenvalue weighted by molar-refractivity contribution is 9.10. The van der Waals surface area contributed by atoms with E-state index in [0.29, 0.717) is 48.9 Å². The Morgan fingerprint density at radius 1 is 1.38 bits per heavy atom. The lowest BCUT2D eigenvalue weighted by atomic mass is 10.2. The second kappa shape index (κ2) is 8.54. The van der Waals surface area contributed by atoms with Gasteiger partial charge in [0.2, 0.25) is 5.91 Å². The van der Waals surface area contributed by atoms with Gasteiger partial charge < -0.3 is 9.64 Å². The molecule has 140 valence electrons. The fourth-order valence-corrected chi connectivity index (χ4v) is 4.31. The Labute approximate surface area is 165 Å². The fraction of sp³-hybridized carbons (Fsp3) is 0.500. The number of hydrogen-bond acceptors (Lipinski definition) is 5. The quantitative estimate of drug-likeness (QED) is 0.529. The van der Waals surface area contributed by atoms with E-state index < -0.39 is 0 Å². The Hall–Kier alpha value is -1.38. The minimum Gasteiger partial charge on any atom is -0.378 e. The first-order valence-corrected chi connectivity index (χ1v) is 10.4. The highest BCUT2D eigenvalue weighted by Crippen LogP contribution is 2.25. The van der Waals surface area contributed by atoms with E-state index in [-0.39, 0.29) is 16.7 Å². The molecule has 1 aromatic heterocycles. The highest BCUT2D eigenvalue weighted by Gasteiger charge is 2.25. The summed E-state index contributed by atoms with van der Waals surface area (Å²) in [6.07, 6.45) is 0.820. The van der Waals surface area contributed by atoms with Crippen molar-refractivity contribution < 1.29 is 9.53 Å². The van der Waals surface area contributed by atoms with Gasteiger partial charge >= 0.3 is 0 Å². The standard InChI is InChI=1S/C18H22BrN3O3S/c1-3-6-22-17(24)14-11-13(19)4-5-15(14)20-18(22)26-12(2)16(23)21-7-9-25-10-8-21/h4-5,11-12H,3,6-10H2,1-2H3/t12-/m0/s1. The summed E-state index contributed by atoms with van der Waals surface area (Å²) in [5.41, 5.74) is 0.589. The predicted octanol–water partition coefficient (Wildman–Crippen LogP) is 2.91. The summed E-state index contributed by atoms with van der Waals surface area (Å²) in [6.45, 7) is 6.86. The average Bonchev–Trinajstić information content (AvgIpc) is 2.65. The molecule has 0 saturated carbocycles. The van der Waals surface area contributed by atoms with Crippen LogP contribution in [0.4, 0.5) is 0 Å². The molecule has 0 N–H and O–H groups in total. The van der Waals surface area contributed by atoms with E-state index in [2.05, 4.69) is 20.9 Å². The average molecular weight is 440 g/mol. The van der Waals surface area contributed by atoms with Crippen LogP contribution in [0.15, 0.2) is 32.6 Å². The Balaban J connectivity index is 1.92. The number of hydrogen-bond donors (Lipinski definition) is 0. The van der Waals surface area contributed by atoms with E-state index in [9.17, 15) is 9.59 Å². The van der Waals surface area contributed by atoms with Gasteiger partial charge in [-0.1, -0.05) is 34.6 Å². The van der Waals surface area contributed by atoms with Gasteiger partial charge in [-0.05, 0) is 31.5 Å². The van der Waals surface area contributed by atoms with Crippen molar-refractivity contribution in [1.82, 2.24) is 14.5 Å². The topological polar surface area (TPSA) is 64.4 Å². The Morgan fingerprint density at radius 2 is 2.12 bits per heavy atom. The maximum Gasteiger partial charge on any atom is 0.262 e. The summed E-state index contributed by atoms with van der Waals surface area (Å²) in [7, 11) is 0. The van der Waals surface area contributed by atoms with Crippen molar-refractivity contribution in [2.24, 2.45) is 0 Å². The van der Waals surface area contributed by atoms with Crippen LogP contribution in [0.5, 0.6) is 0 Å². The molecule has 2 aromatic rings. The van der Waals surface area contributed by atoms with Crippen LogP contribution >= 0.6 is 27.7 Å². The molecule has 1 aromatic carbocycles. The minimum atomic E-state index is -0.309. The third-order valence-corrected chi connectivity index (χ3v) is 5.85. The number of carbonyl (C=O) groups is 1. The molecule has 1 saturated heterocycles. The summed E-state index contributed by atoms with van der Waals surface area (Å²) in [5.74, 6) is 0.0616. The smallest absolute Gasteiger partial charge is 0.262 e. The number of amides is 1. The largest absolute Gasteiger partial charge is 0.378 e. The number of ether oxygens (including phenoxy) is 1. The van der Waals surface area contributed by atoms with Crippen molar-refractivity contribution in [3.05, 3.63) is 33.0 Å². The predicted molar refractivity (Wildman–Crippen MR) is 107 cm³/mol. The lowest BCUT2D eigenvalue weighted by molar-refractivity contribution is -0.134. The van der Waals surface area contributed by atoms with Gasteiger partial charge in [-0.3, -0.25) is 14.2 Å². The van der Waals surface area contributed by atoms with Crippen LogP contribution in [0.1, 0.15) is 20.3 Å². The molecule has 1 amide bonds. The van der Waals surface area contributed by atoms with Crippen LogP contribution in [-0.4, -0.2) is 51.9 Å².